The van der Waals surface area contributed by atoms with Crippen LogP contribution >= 0.6 is 11.6 Å². The smallest absolute Gasteiger partial charge is 0.287 e. The zero-order valence-electron chi connectivity index (χ0n) is 14.4. The maximum atomic E-state index is 12.4. The van der Waals surface area contributed by atoms with Crippen molar-refractivity contribution in [3.05, 3.63) is 52.9 Å². The highest BCUT2D eigenvalue weighted by Gasteiger charge is 2.21. The van der Waals surface area contributed by atoms with Crippen molar-refractivity contribution in [3.8, 4) is 0 Å². The molecule has 1 aromatic heterocycles. The second-order valence-corrected chi connectivity index (χ2v) is 9.07. The van der Waals surface area contributed by atoms with E-state index in [4.69, 9.17) is 16.0 Å². The van der Waals surface area contributed by atoms with Crippen LogP contribution in [0.2, 0.25) is 5.02 Å². The zero-order chi connectivity index (χ0) is 18.6. The molecule has 5 nitrogen and oxygen atoms in total. The Kier molecular flexibility index (Phi) is 6.04. The van der Waals surface area contributed by atoms with E-state index in [1.54, 1.807) is 0 Å². The average Bonchev–Trinajstić information content (AvgIpc) is 2.90. The molecule has 1 aliphatic carbocycles. The third kappa shape index (κ3) is 4.89. The van der Waals surface area contributed by atoms with Crippen LogP contribution < -0.4 is 5.32 Å². The third-order valence-electron chi connectivity index (χ3n) is 4.58. The lowest BCUT2D eigenvalue weighted by Crippen LogP contribution is -2.34. The molecule has 140 valence electrons. The highest BCUT2D eigenvalue weighted by atomic mass is 35.5. The number of furan rings is 1. The maximum absolute atomic E-state index is 12.4. The molecule has 0 radical (unpaired) electrons. The van der Waals surface area contributed by atoms with Gasteiger partial charge in [-0.3, -0.25) is 4.79 Å². The first-order chi connectivity index (χ1) is 12.4. The summed E-state index contributed by atoms with van der Waals surface area (Å²) in [5.74, 6) is -0.195. The van der Waals surface area contributed by atoms with E-state index in [0.717, 1.165) is 25.7 Å². The molecule has 1 aromatic carbocycles. The van der Waals surface area contributed by atoms with Crippen molar-refractivity contribution < 1.29 is 17.6 Å². The van der Waals surface area contributed by atoms with Crippen molar-refractivity contribution in [3.63, 3.8) is 0 Å². The van der Waals surface area contributed by atoms with Crippen molar-refractivity contribution in [2.24, 2.45) is 0 Å². The number of hydrogen-bond acceptors (Lipinski definition) is 4. The predicted octanol–water partition coefficient (Wildman–Crippen LogP) is 4.36. The summed E-state index contributed by atoms with van der Waals surface area (Å²) in [7, 11) is -3.56. The van der Waals surface area contributed by atoms with Crippen LogP contribution in [-0.2, 0) is 15.6 Å². The lowest BCUT2D eigenvalue weighted by atomic mass is 10.1. The molecule has 2 aromatic rings. The summed E-state index contributed by atoms with van der Waals surface area (Å²) in [6.07, 6.45) is 6.61. The van der Waals surface area contributed by atoms with Crippen molar-refractivity contribution >= 4 is 27.3 Å². The number of rotatable bonds is 5. The van der Waals surface area contributed by atoms with Gasteiger partial charge < -0.3 is 9.73 Å². The van der Waals surface area contributed by atoms with E-state index in [0.29, 0.717) is 5.02 Å². The van der Waals surface area contributed by atoms with Gasteiger partial charge >= 0.3 is 0 Å². The highest BCUT2D eigenvalue weighted by Crippen LogP contribution is 2.21. The summed E-state index contributed by atoms with van der Waals surface area (Å²) in [6, 6.07) is 9.20. The fraction of sp³-hybridized carbons (Fsp3) is 0.421. The Bertz CT molecular complexity index is 850. The Morgan fingerprint density at radius 2 is 1.69 bits per heavy atom. The molecule has 1 saturated carbocycles. The molecule has 0 unspecified atom stereocenters. The van der Waals surface area contributed by atoms with Gasteiger partial charge in [-0.1, -0.05) is 37.3 Å². The van der Waals surface area contributed by atoms with Crippen LogP contribution in [0.3, 0.4) is 0 Å². The van der Waals surface area contributed by atoms with Gasteiger partial charge in [-0.2, -0.15) is 0 Å². The normalized spacial score (nSPS) is 16.2. The topological polar surface area (TPSA) is 76.4 Å². The van der Waals surface area contributed by atoms with Crippen LogP contribution in [0.5, 0.6) is 0 Å². The van der Waals surface area contributed by atoms with Gasteiger partial charge in [0.1, 0.15) is 11.5 Å². The van der Waals surface area contributed by atoms with Crippen molar-refractivity contribution in [2.45, 2.75) is 55.2 Å². The third-order valence-corrected chi connectivity index (χ3v) is 6.49. The molecule has 1 heterocycles. The standard InChI is InChI=1S/C19H22ClNO4S/c20-14-7-10-17(11-8-14)26(23,24)13-16-9-12-18(25-16)19(22)21-15-5-3-1-2-4-6-15/h7-12,15H,1-6,13H2,(H,21,22). The molecule has 26 heavy (non-hydrogen) atoms. The molecule has 1 amide bonds. The Morgan fingerprint density at radius 3 is 2.35 bits per heavy atom. The monoisotopic (exact) mass is 395 g/mol. The zero-order valence-corrected chi connectivity index (χ0v) is 16.0. The number of sulfone groups is 1. The molecule has 7 heteroatoms. The minimum atomic E-state index is -3.56. The van der Waals surface area contributed by atoms with Gasteiger partial charge in [-0.25, -0.2) is 8.42 Å². The summed E-state index contributed by atoms with van der Waals surface area (Å²) in [6.45, 7) is 0. The highest BCUT2D eigenvalue weighted by molar-refractivity contribution is 7.90. The number of carbonyl (C=O) groups excluding carboxylic acids is 1. The number of halogens is 1. The summed E-state index contributed by atoms with van der Waals surface area (Å²) < 4.78 is 30.4. The minimum absolute atomic E-state index is 0.149. The lowest BCUT2D eigenvalue weighted by molar-refractivity contribution is 0.0903. The largest absolute Gasteiger partial charge is 0.455 e. The molecule has 0 spiro atoms. The number of carbonyl (C=O) groups is 1. The molecule has 1 aliphatic rings. The summed E-state index contributed by atoms with van der Waals surface area (Å²) in [5, 5.41) is 3.46. The molecule has 1 fully saturated rings. The fourth-order valence-corrected chi connectivity index (χ4v) is 4.54. The van der Waals surface area contributed by atoms with Crippen LogP contribution in [0.15, 0.2) is 45.7 Å². The van der Waals surface area contributed by atoms with Crippen molar-refractivity contribution in [1.29, 1.82) is 0 Å². The molecule has 0 bridgehead atoms. The molecular formula is C19H22ClNO4S. The number of benzene rings is 1. The van der Waals surface area contributed by atoms with E-state index in [1.165, 1.54) is 49.2 Å². The van der Waals surface area contributed by atoms with E-state index in [1.807, 2.05) is 0 Å². The summed E-state index contributed by atoms with van der Waals surface area (Å²) >= 11 is 5.79. The van der Waals surface area contributed by atoms with Gasteiger partial charge in [0.25, 0.3) is 5.91 Å². The SMILES string of the molecule is O=C(NC1CCCCCC1)c1ccc(CS(=O)(=O)c2ccc(Cl)cc2)o1. The molecular weight excluding hydrogens is 374 g/mol. The van der Waals surface area contributed by atoms with Crippen LogP contribution in [0.1, 0.15) is 54.8 Å². The van der Waals surface area contributed by atoms with E-state index >= 15 is 0 Å². The van der Waals surface area contributed by atoms with E-state index < -0.39 is 9.84 Å². The number of amides is 1. The van der Waals surface area contributed by atoms with Gasteiger partial charge in [0, 0.05) is 11.1 Å². The van der Waals surface area contributed by atoms with Crippen LogP contribution in [0, 0.1) is 0 Å². The predicted molar refractivity (Wildman–Crippen MR) is 100 cm³/mol. The summed E-state index contributed by atoms with van der Waals surface area (Å²) in [4.78, 5) is 12.5. The van der Waals surface area contributed by atoms with Crippen molar-refractivity contribution in [2.75, 3.05) is 0 Å². The Hall–Kier alpha value is -1.79. The van der Waals surface area contributed by atoms with Crippen LogP contribution in [-0.4, -0.2) is 20.4 Å². The van der Waals surface area contributed by atoms with Crippen LogP contribution in [0.4, 0.5) is 0 Å². The van der Waals surface area contributed by atoms with E-state index in [2.05, 4.69) is 5.32 Å². The second kappa shape index (κ2) is 8.27. The Morgan fingerprint density at radius 1 is 1.04 bits per heavy atom. The first-order valence-corrected chi connectivity index (χ1v) is 10.8. The van der Waals surface area contributed by atoms with Gasteiger partial charge in [-0.05, 0) is 49.2 Å². The molecule has 0 aliphatic heterocycles. The van der Waals surface area contributed by atoms with Gasteiger partial charge in [-0.15, -0.1) is 0 Å². The van der Waals surface area contributed by atoms with Gasteiger partial charge in [0.05, 0.1) is 4.90 Å². The van der Waals surface area contributed by atoms with E-state index in [-0.39, 0.29) is 34.1 Å². The summed E-state index contributed by atoms with van der Waals surface area (Å²) in [5.41, 5.74) is 0. The van der Waals surface area contributed by atoms with E-state index in [9.17, 15) is 13.2 Å². The minimum Gasteiger partial charge on any atom is -0.455 e. The second-order valence-electron chi connectivity index (χ2n) is 6.64. The first-order valence-electron chi connectivity index (χ1n) is 8.82. The lowest BCUT2D eigenvalue weighted by Gasteiger charge is -2.14. The number of hydrogen-bond donors (Lipinski definition) is 1. The van der Waals surface area contributed by atoms with Crippen LogP contribution in [0.25, 0.3) is 0 Å². The molecule has 0 saturated heterocycles. The Labute approximate surface area is 158 Å². The first kappa shape index (κ1) is 19.0. The Balaban J connectivity index is 1.65. The molecule has 3 rings (SSSR count). The molecule has 0 atom stereocenters. The average molecular weight is 396 g/mol. The van der Waals surface area contributed by atoms with Crippen molar-refractivity contribution in [1.82, 2.24) is 5.32 Å². The van der Waals surface area contributed by atoms with Gasteiger partial charge in [0.2, 0.25) is 0 Å². The maximum Gasteiger partial charge on any atom is 0.287 e. The molecule has 1 N–H and O–H groups in total. The number of nitrogens with one attached hydrogen (secondary N) is 1. The fourth-order valence-electron chi connectivity index (χ4n) is 3.17. The van der Waals surface area contributed by atoms with Gasteiger partial charge in [0.15, 0.2) is 15.6 Å². The quantitative estimate of drug-likeness (QED) is 0.763.